The fraction of sp³-hybridized carbons (Fsp3) is 0.143. The molecule has 0 radical (unpaired) electrons. The van der Waals surface area contributed by atoms with Crippen LogP contribution < -0.4 is 20.1 Å². The van der Waals surface area contributed by atoms with Crippen molar-refractivity contribution in [3.63, 3.8) is 0 Å². The van der Waals surface area contributed by atoms with Crippen LogP contribution in [0.2, 0.25) is 5.02 Å². The minimum atomic E-state index is -0.271. The highest BCUT2D eigenvalue weighted by Gasteiger charge is 2.09. The molecule has 0 bridgehead atoms. The normalized spacial score (nSPS) is 10.2. The summed E-state index contributed by atoms with van der Waals surface area (Å²) in [5.41, 5.74) is 2.02. The zero-order chi connectivity index (χ0) is 19.9. The van der Waals surface area contributed by atoms with E-state index in [0.29, 0.717) is 40.1 Å². The van der Waals surface area contributed by atoms with Crippen molar-refractivity contribution in [2.75, 3.05) is 24.9 Å². The molecule has 3 rings (SSSR count). The van der Waals surface area contributed by atoms with E-state index < -0.39 is 0 Å². The summed E-state index contributed by atoms with van der Waals surface area (Å²) in [6.45, 7) is 0.554. The largest absolute Gasteiger partial charge is 0.493 e. The summed E-state index contributed by atoms with van der Waals surface area (Å²) in [5.74, 6) is 1.73. The molecular formula is C21H20ClN3O3. The van der Waals surface area contributed by atoms with Crippen molar-refractivity contribution in [3.8, 4) is 11.5 Å². The highest BCUT2D eigenvalue weighted by molar-refractivity contribution is 6.33. The number of hydrogen-bond donors (Lipinski definition) is 2. The number of carbonyl (C=O) groups excluding carboxylic acids is 1. The molecule has 28 heavy (non-hydrogen) atoms. The van der Waals surface area contributed by atoms with E-state index >= 15 is 0 Å². The smallest absolute Gasteiger partial charge is 0.257 e. The summed E-state index contributed by atoms with van der Waals surface area (Å²) in [6, 6.07) is 16.2. The molecule has 0 saturated heterocycles. The molecule has 2 N–H and O–H groups in total. The second kappa shape index (κ2) is 9.10. The SMILES string of the molecule is COc1ccc(CNc2ccc(C(=O)Nc3ccccc3Cl)cn2)cc1OC. The number of benzene rings is 2. The summed E-state index contributed by atoms with van der Waals surface area (Å²) in [5, 5.41) is 6.47. The van der Waals surface area contributed by atoms with Gasteiger partial charge >= 0.3 is 0 Å². The molecule has 0 atom stereocenters. The minimum absolute atomic E-state index is 0.271. The van der Waals surface area contributed by atoms with Crippen LogP contribution in [0.25, 0.3) is 0 Å². The summed E-state index contributed by atoms with van der Waals surface area (Å²) in [4.78, 5) is 16.6. The topological polar surface area (TPSA) is 72.5 Å². The number of halogens is 1. The molecule has 1 heterocycles. The molecular weight excluding hydrogens is 378 g/mol. The van der Waals surface area contributed by atoms with Crippen molar-refractivity contribution in [2.24, 2.45) is 0 Å². The first kappa shape index (κ1) is 19.5. The Morgan fingerprint density at radius 2 is 1.82 bits per heavy atom. The zero-order valence-corrected chi connectivity index (χ0v) is 16.3. The van der Waals surface area contributed by atoms with Crippen molar-refractivity contribution < 1.29 is 14.3 Å². The monoisotopic (exact) mass is 397 g/mol. The average Bonchev–Trinajstić information content (AvgIpc) is 2.74. The summed E-state index contributed by atoms with van der Waals surface area (Å²) < 4.78 is 10.5. The van der Waals surface area contributed by atoms with Crippen LogP contribution in [0.15, 0.2) is 60.8 Å². The van der Waals surface area contributed by atoms with Gasteiger partial charge in [-0.3, -0.25) is 4.79 Å². The Labute approximate surface area is 168 Å². The van der Waals surface area contributed by atoms with Crippen molar-refractivity contribution in [1.82, 2.24) is 4.98 Å². The number of aromatic nitrogens is 1. The summed E-state index contributed by atoms with van der Waals surface area (Å²) >= 11 is 6.06. The number of carbonyl (C=O) groups is 1. The van der Waals surface area contributed by atoms with E-state index in [1.165, 1.54) is 6.20 Å². The maximum atomic E-state index is 12.3. The van der Waals surface area contributed by atoms with E-state index in [0.717, 1.165) is 5.56 Å². The van der Waals surface area contributed by atoms with Crippen LogP contribution >= 0.6 is 11.6 Å². The fourth-order valence-electron chi connectivity index (χ4n) is 2.57. The van der Waals surface area contributed by atoms with E-state index in [2.05, 4.69) is 15.6 Å². The van der Waals surface area contributed by atoms with Crippen LogP contribution in [0.1, 0.15) is 15.9 Å². The Hall–Kier alpha value is -3.25. The number of methoxy groups -OCH3 is 2. The van der Waals surface area contributed by atoms with Gasteiger partial charge in [-0.15, -0.1) is 0 Å². The maximum absolute atomic E-state index is 12.3. The molecule has 0 spiro atoms. The Balaban J connectivity index is 1.61. The van der Waals surface area contributed by atoms with Crippen LogP contribution in [-0.2, 0) is 6.54 Å². The van der Waals surface area contributed by atoms with Crippen molar-refractivity contribution >= 4 is 29.0 Å². The number of amides is 1. The van der Waals surface area contributed by atoms with Gasteiger partial charge in [0, 0.05) is 12.7 Å². The van der Waals surface area contributed by atoms with Gasteiger partial charge in [-0.25, -0.2) is 4.98 Å². The van der Waals surface area contributed by atoms with Crippen LogP contribution in [0, 0.1) is 0 Å². The van der Waals surface area contributed by atoms with Crippen molar-refractivity contribution in [3.05, 3.63) is 76.9 Å². The van der Waals surface area contributed by atoms with Gasteiger partial charge in [0.2, 0.25) is 0 Å². The fourth-order valence-corrected chi connectivity index (χ4v) is 2.76. The lowest BCUT2D eigenvalue weighted by molar-refractivity contribution is 0.102. The lowest BCUT2D eigenvalue weighted by Crippen LogP contribution is -2.12. The predicted octanol–water partition coefficient (Wildman–Crippen LogP) is 4.62. The lowest BCUT2D eigenvalue weighted by atomic mass is 10.2. The quantitative estimate of drug-likeness (QED) is 0.608. The number of anilines is 2. The highest BCUT2D eigenvalue weighted by atomic mass is 35.5. The molecule has 6 nitrogen and oxygen atoms in total. The predicted molar refractivity (Wildman–Crippen MR) is 111 cm³/mol. The molecule has 0 fully saturated rings. The number of rotatable bonds is 7. The summed E-state index contributed by atoms with van der Waals surface area (Å²) in [7, 11) is 3.20. The molecule has 0 unspecified atom stereocenters. The maximum Gasteiger partial charge on any atom is 0.257 e. The first-order valence-corrected chi connectivity index (χ1v) is 8.95. The van der Waals surface area contributed by atoms with Crippen molar-refractivity contribution in [1.29, 1.82) is 0 Å². The molecule has 0 aliphatic heterocycles. The number of nitrogens with zero attached hydrogens (tertiary/aromatic N) is 1. The Morgan fingerprint density at radius 3 is 2.50 bits per heavy atom. The van der Waals surface area contributed by atoms with Crippen molar-refractivity contribution in [2.45, 2.75) is 6.54 Å². The molecule has 1 aromatic heterocycles. The van der Waals surface area contributed by atoms with Gasteiger partial charge in [-0.1, -0.05) is 29.8 Å². The van der Waals surface area contributed by atoms with Gasteiger partial charge in [0.25, 0.3) is 5.91 Å². The van der Waals surface area contributed by atoms with Crippen LogP contribution in [0.3, 0.4) is 0 Å². The molecule has 1 amide bonds. The highest BCUT2D eigenvalue weighted by Crippen LogP contribution is 2.27. The number of nitrogens with one attached hydrogen (secondary N) is 2. The van der Waals surface area contributed by atoms with Gasteiger partial charge in [-0.2, -0.15) is 0 Å². The van der Waals surface area contributed by atoms with Gasteiger partial charge < -0.3 is 20.1 Å². The van der Waals surface area contributed by atoms with Gasteiger partial charge in [0.15, 0.2) is 11.5 Å². The molecule has 0 saturated carbocycles. The van der Waals surface area contributed by atoms with Crippen LogP contribution in [-0.4, -0.2) is 25.1 Å². The number of hydrogen-bond acceptors (Lipinski definition) is 5. The molecule has 0 aliphatic rings. The van der Waals surface area contributed by atoms with E-state index in [1.54, 1.807) is 50.6 Å². The van der Waals surface area contributed by atoms with E-state index in [1.807, 2.05) is 18.2 Å². The summed E-state index contributed by atoms with van der Waals surface area (Å²) in [6.07, 6.45) is 1.52. The molecule has 3 aromatic rings. The number of pyridine rings is 1. The Kier molecular flexibility index (Phi) is 6.34. The first-order chi connectivity index (χ1) is 13.6. The average molecular weight is 398 g/mol. The van der Waals surface area contributed by atoms with E-state index in [-0.39, 0.29) is 5.91 Å². The zero-order valence-electron chi connectivity index (χ0n) is 15.5. The number of para-hydroxylation sites is 1. The standard InChI is InChI=1S/C21H20ClN3O3/c1-27-18-9-7-14(11-19(18)28-2)12-23-20-10-8-15(13-24-20)21(26)25-17-6-4-3-5-16(17)22/h3-11,13H,12H2,1-2H3,(H,23,24)(H,25,26). The third-order valence-electron chi connectivity index (χ3n) is 4.07. The molecule has 144 valence electrons. The Morgan fingerprint density at radius 1 is 1.04 bits per heavy atom. The third-order valence-corrected chi connectivity index (χ3v) is 4.40. The van der Waals surface area contributed by atoms with Gasteiger partial charge in [0.1, 0.15) is 5.82 Å². The van der Waals surface area contributed by atoms with E-state index in [4.69, 9.17) is 21.1 Å². The second-order valence-electron chi connectivity index (χ2n) is 5.91. The Bertz CT molecular complexity index is 961. The number of ether oxygens (including phenoxy) is 2. The molecule has 2 aromatic carbocycles. The van der Waals surface area contributed by atoms with Crippen LogP contribution in [0.5, 0.6) is 11.5 Å². The van der Waals surface area contributed by atoms with Gasteiger partial charge in [-0.05, 0) is 42.0 Å². The van der Waals surface area contributed by atoms with E-state index in [9.17, 15) is 4.79 Å². The third kappa shape index (κ3) is 4.72. The minimum Gasteiger partial charge on any atom is -0.493 e. The van der Waals surface area contributed by atoms with Gasteiger partial charge in [0.05, 0.1) is 30.5 Å². The first-order valence-electron chi connectivity index (χ1n) is 8.57. The lowest BCUT2D eigenvalue weighted by Gasteiger charge is -2.11. The van der Waals surface area contributed by atoms with Crippen LogP contribution in [0.4, 0.5) is 11.5 Å². The molecule has 0 aliphatic carbocycles. The molecule has 7 heteroatoms. The second-order valence-corrected chi connectivity index (χ2v) is 6.32.